The lowest BCUT2D eigenvalue weighted by atomic mass is 9.43. The molecule has 5 rings (SSSR count). The van der Waals surface area contributed by atoms with Crippen LogP contribution in [0.25, 0.3) is 0 Å². The first-order valence-corrected chi connectivity index (χ1v) is 19.4. The molecule has 0 aromatic heterocycles. The molecule has 1 saturated heterocycles. The average Bonchev–Trinajstić information content (AvgIpc) is 3.37. The van der Waals surface area contributed by atoms with E-state index in [2.05, 4.69) is 68.5 Å². The van der Waals surface area contributed by atoms with Crippen molar-refractivity contribution in [2.45, 2.75) is 155 Å². The van der Waals surface area contributed by atoms with Crippen LogP contribution in [0.3, 0.4) is 0 Å². The van der Waals surface area contributed by atoms with E-state index in [0.29, 0.717) is 53.4 Å². The van der Waals surface area contributed by atoms with E-state index in [-0.39, 0.29) is 28.6 Å². The summed E-state index contributed by atoms with van der Waals surface area (Å²) in [6.07, 6.45) is 10.8. The molecular formula is C34H60O5Si. The predicted molar refractivity (Wildman–Crippen MR) is 162 cm³/mol. The zero-order chi connectivity index (χ0) is 29.5. The maximum atomic E-state index is 11.9. The first-order valence-electron chi connectivity index (χ1n) is 16.5. The van der Waals surface area contributed by atoms with Crippen LogP contribution in [-0.4, -0.2) is 45.5 Å². The third-order valence-electron chi connectivity index (χ3n) is 13.5. The largest absolute Gasteiger partial charge is 0.469 e. The van der Waals surface area contributed by atoms with Gasteiger partial charge in [0.2, 0.25) is 0 Å². The van der Waals surface area contributed by atoms with Gasteiger partial charge in [0.25, 0.3) is 0 Å². The number of methoxy groups -OCH3 is 1. The van der Waals surface area contributed by atoms with E-state index in [4.69, 9.17) is 18.6 Å². The summed E-state index contributed by atoms with van der Waals surface area (Å²) >= 11 is 0. The van der Waals surface area contributed by atoms with Crippen LogP contribution < -0.4 is 0 Å². The Kier molecular flexibility index (Phi) is 8.01. The van der Waals surface area contributed by atoms with Crippen LogP contribution in [0.2, 0.25) is 18.1 Å². The topological polar surface area (TPSA) is 54.0 Å². The Morgan fingerprint density at radius 1 is 0.925 bits per heavy atom. The SMILES string of the molecule is COC(=O)CC[C@@H](C)[C@H]1CCC2C3C(CC[C@@]21C)[C@@]1(C)CC[C@@H](O[Si](C)(C)C(C)(C)C)CC1[C@H]1OC(C)(C)O[C@H]31. The molecule has 1 heterocycles. The number of hydrogen-bond donors (Lipinski definition) is 0. The Morgan fingerprint density at radius 2 is 1.55 bits per heavy atom. The summed E-state index contributed by atoms with van der Waals surface area (Å²) in [5.41, 5.74) is 0.585. The molecule has 11 atom stereocenters. The highest BCUT2D eigenvalue weighted by atomic mass is 28.4. The molecule has 0 aromatic rings. The second-order valence-electron chi connectivity index (χ2n) is 17.1. The van der Waals surface area contributed by atoms with Gasteiger partial charge in [-0.05, 0) is 130 Å². The normalized spacial score (nSPS) is 45.2. The molecular weight excluding hydrogens is 516 g/mol. The zero-order valence-corrected chi connectivity index (χ0v) is 28.6. The Balaban J connectivity index is 1.41. The van der Waals surface area contributed by atoms with Gasteiger partial charge in [-0.25, -0.2) is 0 Å². The Hall–Kier alpha value is -0.433. The van der Waals surface area contributed by atoms with Gasteiger partial charge in [0.05, 0.1) is 19.3 Å². The van der Waals surface area contributed by atoms with E-state index >= 15 is 0 Å². The van der Waals surface area contributed by atoms with Crippen LogP contribution in [0.15, 0.2) is 0 Å². The van der Waals surface area contributed by atoms with Crippen molar-refractivity contribution >= 4 is 14.3 Å². The first kappa shape index (κ1) is 31.0. The first-order chi connectivity index (χ1) is 18.4. The van der Waals surface area contributed by atoms with Crippen molar-refractivity contribution in [2.75, 3.05) is 7.11 Å². The monoisotopic (exact) mass is 576 g/mol. The summed E-state index contributed by atoms with van der Waals surface area (Å²) in [5.74, 6) is 3.00. The third-order valence-corrected chi connectivity index (χ3v) is 18.1. The van der Waals surface area contributed by atoms with Crippen molar-refractivity contribution in [1.29, 1.82) is 0 Å². The molecule has 0 N–H and O–H groups in total. The fourth-order valence-corrected chi connectivity index (χ4v) is 11.9. The standard InChI is InChI=1S/C34H60O5Si/c1-21(12-15-27(35)36-9)23-13-14-24-28-25(17-19-33(23,24)7)34(8)18-16-22(39-40(10,11)31(2,3)4)20-26(34)29-30(28)38-32(5,6)37-29/h21-26,28-30H,12-20H2,1-11H3/t21-,22-,23-,24?,25?,26?,28?,29-,30-,33-,34-/m1/s1. The van der Waals surface area contributed by atoms with Crippen LogP contribution >= 0.6 is 0 Å². The highest BCUT2D eigenvalue weighted by Gasteiger charge is 2.68. The minimum absolute atomic E-state index is 0.0729. The van der Waals surface area contributed by atoms with Crippen LogP contribution in [0.1, 0.15) is 113 Å². The highest BCUT2D eigenvalue weighted by molar-refractivity contribution is 6.74. The Bertz CT molecular complexity index is 956. The van der Waals surface area contributed by atoms with Gasteiger partial charge in [0.15, 0.2) is 14.1 Å². The fraction of sp³-hybridized carbons (Fsp3) is 0.971. The van der Waals surface area contributed by atoms with Crippen molar-refractivity contribution in [3.63, 3.8) is 0 Å². The average molecular weight is 577 g/mol. The van der Waals surface area contributed by atoms with Crippen molar-refractivity contribution in [2.24, 2.45) is 46.3 Å². The van der Waals surface area contributed by atoms with Crippen LogP contribution in [0.5, 0.6) is 0 Å². The molecule has 0 spiro atoms. The lowest BCUT2D eigenvalue weighted by molar-refractivity contribution is -0.189. The number of carbonyl (C=O) groups is 1. The van der Waals surface area contributed by atoms with Gasteiger partial charge >= 0.3 is 5.97 Å². The van der Waals surface area contributed by atoms with Crippen LogP contribution in [0, 0.1) is 46.3 Å². The summed E-state index contributed by atoms with van der Waals surface area (Å²) in [4.78, 5) is 11.9. The van der Waals surface area contributed by atoms with E-state index in [1.54, 1.807) is 0 Å². The van der Waals surface area contributed by atoms with E-state index in [1.807, 2.05) is 0 Å². The number of esters is 1. The van der Waals surface area contributed by atoms with E-state index in [0.717, 1.165) is 12.8 Å². The second-order valence-corrected chi connectivity index (χ2v) is 21.8. The third kappa shape index (κ3) is 5.07. The summed E-state index contributed by atoms with van der Waals surface area (Å²) < 4.78 is 25.9. The number of ether oxygens (including phenoxy) is 3. The number of carbonyl (C=O) groups excluding carboxylic acids is 1. The summed E-state index contributed by atoms with van der Waals surface area (Å²) in [6, 6.07) is 0. The van der Waals surface area contributed by atoms with Gasteiger partial charge < -0.3 is 18.6 Å². The van der Waals surface area contributed by atoms with Crippen molar-refractivity contribution in [3.05, 3.63) is 0 Å². The van der Waals surface area contributed by atoms with Crippen molar-refractivity contribution in [3.8, 4) is 0 Å². The quantitative estimate of drug-likeness (QED) is 0.235. The van der Waals surface area contributed by atoms with Gasteiger partial charge in [0, 0.05) is 12.5 Å². The molecule has 0 bridgehead atoms. The van der Waals surface area contributed by atoms with Gasteiger partial charge in [-0.3, -0.25) is 4.79 Å². The smallest absolute Gasteiger partial charge is 0.305 e. The molecule has 4 unspecified atom stereocenters. The molecule has 4 saturated carbocycles. The van der Waals surface area contributed by atoms with Crippen LogP contribution in [0.4, 0.5) is 0 Å². The van der Waals surface area contributed by atoms with Crippen LogP contribution in [-0.2, 0) is 23.4 Å². The lowest BCUT2D eigenvalue weighted by Crippen LogP contribution is -2.64. The minimum atomic E-state index is -1.83. The van der Waals surface area contributed by atoms with Gasteiger partial charge in [0.1, 0.15) is 0 Å². The summed E-state index contributed by atoms with van der Waals surface area (Å²) in [7, 11) is -0.327. The zero-order valence-electron chi connectivity index (χ0n) is 27.6. The fourth-order valence-electron chi connectivity index (χ4n) is 10.5. The Morgan fingerprint density at radius 3 is 2.20 bits per heavy atom. The Labute approximate surface area is 246 Å². The van der Waals surface area contributed by atoms with Crippen molar-refractivity contribution < 1.29 is 23.4 Å². The second kappa shape index (κ2) is 10.3. The molecule has 1 aliphatic heterocycles. The molecule has 40 heavy (non-hydrogen) atoms. The molecule has 4 aliphatic carbocycles. The molecule has 5 aliphatic rings. The molecule has 5 nitrogen and oxygen atoms in total. The maximum absolute atomic E-state index is 11.9. The molecule has 0 aromatic carbocycles. The van der Waals surface area contributed by atoms with Crippen molar-refractivity contribution in [1.82, 2.24) is 0 Å². The molecule has 6 heteroatoms. The predicted octanol–water partition coefficient (Wildman–Crippen LogP) is 8.36. The van der Waals surface area contributed by atoms with E-state index in [1.165, 1.54) is 45.6 Å². The summed E-state index contributed by atoms with van der Waals surface area (Å²) in [6.45, 7) is 23.8. The molecule has 0 amide bonds. The highest BCUT2D eigenvalue weighted by Crippen LogP contribution is 2.70. The minimum Gasteiger partial charge on any atom is -0.469 e. The molecule has 0 radical (unpaired) electrons. The number of hydrogen-bond acceptors (Lipinski definition) is 5. The summed E-state index contributed by atoms with van der Waals surface area (Å²) in [5, 5.41) is 0.226. The molecule has 230 valence electrons. The van der Waals surface area contributed by atoms with Gasteiger partial charge in [-0.1, -0.05) is 41.5 Å². The number of rotatable bonds is 6. The van der Waals surface area contributed by atoms with E-state index in [9.17, 15) is 4.79 Å². The van der Waals surface area contributed by atoms with Gasteiger partial charge in [-0.15, -0.1) is 0 Å². The maximum Gasteiger partial charge on any atom is 0.305 e. The van der Waals surface area contributed by atoms with Gasteiger partial charge in [-0.2, -0.15) is 0 Å². The molecule has 5 fully saturated rings. The lowest BCUT2D eigenvalue weighted by Gasteiger charge is -2.64. The van der Waals surface area contributed by atoms with E-state index < -0.39 is 14.1 Å². The number of fused-ring (bicyclic) bond motifs is 8.